The molecule has 0 spiro atoms. The molecule has 0 saturated carbocycles. The molecule has 0 aliphatic carbocycles. The lowest BCUT2D eigenvalue weighted by molar-refractivity contribution is 0.0168. The van der Waals surface area contributed by atoms with E-state index in [2.05, 4.69) is 26.6 Å². The molecular formula is C21H36N4O3. The average molecular weight is 393 g/mol. The van der Waals surface area contributed by atoms with Gasteiger partial charge in [-0.05, 0) is 57.3 Å². The molecule has 7 nitrogen and oxygen atoms in total. The predicted octanol–water partition coefficient (Wildman–Crippen LogP) is 2.56. The van der Waals surface area contributed by atoms with Crippen molar-refractivity contribution >= 4 is 5.96 Å². The molecule has 3 rings (SSSR count). The Labute approximate surface area is 168 Å². The van der Waals surface area contributed by atoms with Crippen molar-refractivity contribution in [3.63, 3.8) is 0 Å². The van der Waals surface area contributed by atoms with E-state index in [1.807, 2.05) is 13.1 Å². The van der Waals surface area contributed by atoms with Crippen LogP contribution in [0, 0.1) is 0 Å². The number of ether oxygens (including phenoxy) is 2. The van der Waals surface area contributed by atoms with Crippen LogP contribution in [0.2, 0.25) is 0 Å². The van der Waals surface area contributed by atoms with Gasteiger partial charge in [-0.1, -0.05) is 6.42 Å². The van der Waals surface area contributed by atoms with Crippen molar-refractivity contribution in [2.24, 2.45) is 4.99 Å². The van der Waals surface area contributed by atoms with Gasteiger partial charge in [0.05, 0.1) is 25.0 Å². The van der Waals surface area contributed by atoms with E-state index < -0.39 is 0 Å². The number of hydrogen-bond acceptors (Lipinski definition) is 5. The van der Waals surface area contributed by atoms with Crippen LogP contribution in [0.1, 0.15) is 50.3 Å². The Hall–Kier alpha value is -1.57. The number of likely N-dealkylation sites (tertiary alicyclic amines) is 1. The standard InChI is InChI=1S/C21H36N4O3/c1-22-21(23-10-7-13-26-17-18-8-5-14-27-18)24-16-19(20-9-6-15-28-20)25-11-3-2-4-12-25/h6,9,15,18-19H,2-5,7-8,10-14,16-17H2,1H3,(H2,22,23,24). The van der Waals surface area contributed by atoms with Gasteiger partial charge in [0.15, 0.2) is 5.96 Å². The summed E-state index contributed by atoms with van der Waals surface area (Å²) in [5.41, 5.74) is 0. The van der Waals surface area contributed by atoms with Crippen molar-refractivity contribution in [2.75, 3.05) is 53.0 Å². The van der Waals surface area contributed by atoms with Gasteiger partial charge >= 0.3 is 0 Å². The summed E-state index contributed by atoms with van der Waals surface area (Å²) in [7, 11) is 1.81. The third-order valence-corrected chi connectivity index (χ3v) is 5.48. The largest absolute Gasteiger partial charge is 0.468 e. The van der Waals surface area contributed by atoms with Crippen LogP contribution in [0.15, 0.2) is 27.8 Å². The molecule has 2 aliphatic heterocycles. The topological polar surface area (TPSA) is 71.3 Å². The molecule has 7 heteroatoms. The SMILES string of the molecule is CN=C(NCCCOCC1CCCO1)NCC(c1ccco1)N1CCCCC1. The van der Waals surface area contributed by atoms with Crippen LogP contribution < -0.4 is 10.6 Å². The molecule has 0 amide bonds. The summed E-state index contributed by atoms with van der Waals surface area (Å²) in [6.45, 7) is 6.21. The lowest BCUT2D eigenvalue weighted by Crippen LogP contribution is -2.44. The molecule has 2 fully saturated rings. The van der Waals surface area contributed by atoms with Gasteiger partial charge in [-0.2, -0.15) is 0 Å². The lowest BCUT2D eigenvalue weighted by Gasteiger charge is -2.33. The lowest BCUT2D eigenvalue weighted by atomic mass is 10.1. The highest BCUT2D eigenvalue weighted by molar-refractivity contribution is 5.79. The highest BCUT2D eigenvalue weighted by Crippen LogP contribution is 2.24. The Morgan fingerprint density at radius 3 is 2.89 bits per heavy atom. The van der Waals surface area contributed by atoms with Gasteiger partial charge in [-0.15, -0.1) is 0 Å². The third kappa shape index (κ3) is 6.79. The van der Waals surface area contributed by atoms with Crippen LogP contribution in [0.4, 0.5) is 0 Å². The van der Waals surface area contributed by atoms with Crippen LogP contribution >= 0.6 is 0 Å². The molecule has 28 heavy (non-hydrogen) atoms. The molecule has 0 aromatic carbocycles. The summed E-state index contributed by atoms with van der Waals surface area (Å²) in [6.07, 6.45) is 9.14. The molecule has 2 saturated heterocycles. The number of nitrogens with one attached hydrogen (secondary N) is 2. The van der Waals surface area contributed by atoms with E-state index in [4.69, 9.17) is 13.9 Å². The maximum Gasteiger partial charge on any atom is 0.191 e. The summed E-state index contributed by atoms with van der Waals surface area (Å²) in [4.78, 5) is 6.87. The zero-order valence-electron chi connectivity index (χ0n) is 17.2. The first-order valence-electron chi connectivity index (χ1n) is 10.8. The van der Waals surface area contributed by atoms with Gasteiger partial charge < -0.3 is 24.5 Å². The summed E-state index contributed by atoms with van der Waals surface area (Å²) in [6, 6.07) is 4.28. The first kappa shape index (κ1) is 21.1. The number of aliphatic imine (C=N–C) groups is 1. The number of furan rings is 1. The van der Waals surface area contributed by atoms with E-state index >= 15 is 0 Å². The third-order valence-electron chi connectivity index (χ3n) is 5.48. The molecule has 0 bridgehead atoms. The van der Waals surface area contributed by atoms with Crippen LogP contribution in [0.25, 0.3) is 0 Å². The monoisotopic (exact) mass is 392 g/mol. The fraction of sp³-hybridized carbons (Fsp3) is 0.762. The number of guanidine groups is 1. The zero-order valence-corrected chi connectivity index (χ0v) is 17.2. The van der Waals surface area contributed by atoms with Crippen LogP contribution in [0.5, 0.6) is 0 Å². The van der Waals surface area contributed by atoms with Gasteiger partial charge in [0.25, 0.3) is 0 Å². The second-order valence-corrected chi connectivity index (χ2v) is 7.57. The number of rotatable bonds is 10. The molecule has 2 N–H and O–H groups in total. The zero-order chi connectivity index (χ0) is 19.4. The summed E-state index contributed by atoms with van der Waals surface area (Å²) in [5, 5.41) is 6.85. The van der Waals surface area contributed by atoms with Crippen molar-refractivity contribution in [3.8, 4) is 0 Å². The van der Waals surface area contributed by atoms with E-state index in [0.29, 0.717) is 12.7 Å². The number of nitrogens with zero attached hydrogens (tertiary/aromatic N) is 2. The van der Waals surface area contributed by atoms with Crippen molar-refractivity contribution in [1.82, 2.24) is 15.5 Å². The normalized spacial score (nSPS) is 22.3. The Morgan fingerprint density at radius 1 is 1.29 bits per heavy atom. The van der Waals surface area contributed by atoms with Crippen LogP contribution in [0.3, 0.4) is 0 Å². The Kier molecular flexibility index (Phi) is 9.13. The van der Waals surface area contributed by atoms with Crippen molar-refractivity contribution in [1.29, 1.82) is 0 Å². The Morgan fingerprint density at radius 2 is 2.18 bits per heavy atom. The van der Waals surface area contributed by atoms with E-state index in [9.17, 15) is 0 Å². The van der Waals surface area contributed by atoms with E-state index in [-0.39, 0.29) is 6.04 Å². The average Bonchev–Trinajstić information content (AvgIpc) is 3.44. The minimum atomic E-state index is 0.239. The van der Waals surface area contributed by atoms with E-state index in [1.165, 1.54) is 19.3 Å². The molecule has 2 unspecified atom stereocenters. The fourth-order valence-corrected chi connectivity index (χ4v) is 3.91. The number of hydrogen-bond donors (Lipinski definition) is 2. The fourth-order valence-electron chi connectivity index (χ4n) is 3.91. The van der Waals surface area contributed by atoms with E-state index in [1.54, 1.807) is 6.26 Å². The van der Waals surface area contributed by atoms with Gasteiger partial charge in [0.2, 0.25) is 0 Å². The quantitative estimate of drug-likeness (QED) is 0.362. The van der Waals surface area contributed by atoms with Crippen LogP contribution in [-0.4, -0.2) is 70.0 Å². The molecule has 158 valence electrons. The van der Waals surface area contributed by atoms with Gasteiger partial charge in [-0.25, -0.2) is 0 Å². The van der Waals surface area contributed by atoms with Gasteiger partial charge in [0.1, 0.15) is 5.76 Å². The maximum atomic E-state index is 5.72. The van der Waals surface area contributed by atoms with Gasteiger partial charge in [0, 0.05) is 33.4 Å². The highest BCUT2D eigenvalue weighted by Gasteiger charge is 2.24. The molecule has 0 radical (unpaired) electrons. The smallest absolute Gasteiger partial charge is 0.191 e. The van der Waals surface area contributed by atoms with Crippen LogP contribution in [-0.2, 0) is 9.47 Å². The van der Waals surface area contributed by atoms with Crippen molar-refractivity contribution < 1.29 is 13.9 Å². The molecule has 2 atom stereocenters. The number of piperidine rings is 1. The first-order valence-corrected chi connectivity index (χ1v) is 10.8. The highest BCUT2D eigenvalue weighted by atomic mass is 16.5. The van der Waals surface area contributed by atoms with Crippen molar-refractivity contribution in [3.05, 3.63) is 24.2 Å². The minimum absolute atomic E-state index is 0.239. The second kappa shape index (κ2) is 12.1. The van der Waals surface area contributed by atoms with E-state index in [0.717, 1.165) is 70.4 Å². The van der Waals surface area contributed by atoms with Crippen molar-refractivity contribution in [2.45, 2.75) is 50.7 Å². The molecule has 3 heterocycles. The molecule has 1 aromatic heterocycles. The van der Waals surface area contributed by atoms with Gasteiger partial charge in [-0.3, -0.25) is 9.89 Å². The maximum absolute atomic E-state index is 5.72. The second-order valence-electron chi connectivity index (χ2n) is 7.57. The minimum Gasteiger partial charge on any atom is -0.468 e. The molecule has 2 aliphatic rings. The first-order chi connectivity index (χ1) is 13.9. The summed E-state index contributed by atoms with van der Waals surface area (Å²) < 4.78 is 17.0. The molecule has 1 aromatic rings. The Balaban J connectivity index is 1.35. The Bertz CT molecular complexity index is 552. The molecular weight excluding hydrogens is 356 g/mol. The summed E-state index contributed by atoms with van der Waals surface area (Å²) >= 11 is 0. The predicted molar refractivity (Wildman–Crippen MR) is 111 cm³/mol. The summed E-state index contributed by atoms with van der Waals surface area (Å²) in [5.74, 6) is 1.85.